The average molecular weight is 388 g/mol. The molecular formula is C18H18BrN3S. The Morgan fingerprint density at radius 3 is 2.91 bits per heavy atom. The zero-order chi connectivity index (χ0) is 15.8. The van der Waals surface area contributed by atoms with Gasteiger partial charge in [0.15, 0.2) is 0 Å². The lowest BCUT2D eigenvalue weighted by molar-refractivity contribution is 0.780. The Labute approximate surface area is 148 Å². The molecule has 1 aromatic carbocycles. The van der Waals surface area contributed by atoms with Crippen LogP contribution < -0.4 is 5.32 Å². The number of aryl methyl sites for hydroxylation is 1. The Morgan fingerprint density at radius 2 is 2.13 bits per heavy atom. The van der Waals surface area contributed by atoms with Gasteiger partial charge in [0.2, 0.25) is 0 Å². The Balaban J connectivity index is 1.91. The van der Waals surface area contributed by atoms with Crippen LogP contribution in [0.3, 0.4) is 0 Å². The molecule has 0 spiro atoms. The minimum Gasteiger partial charge on any atom is -0.370 e. The molecule has 0 aliphatic carbocycles. The highest BCUT2D eigenvalue weighted by Crippen LogP contribution is 2.37. The van der Waals surface area contributed by atoms with Crippen molar-refractivity contribution < 1.29 is 0 Å². The number of halogens is 1. The monoisotopic (exact) mass is 387 g/mol. The van der Waals surface area contributed by atoms with Crippen molar-refractivity contribution in [2.45, 2.75) is 26.2 Å². The third-order valence-corrected chi connectivity index (χ3v) is 5.66. The number of benzene rings is 1. The second kappa shape index (κ2) is 6.13. The van der Waals surface area contributed by atoms with Gasteiger partial charge in [0.05, 0.1) is 10.6 Å². The summed E-state index contributed by atoms with van der Waals surface area (Å²) < 4.78 is 3.14. The van der Waals surface area contributed by atoms with Crippen molar-refractivity contribution >= 4 is 33.1 Å². The van der Waals surface area contributed by atoms with Crippen LogP contribution in [0.25, 0.3) is 16.3 Å². The first kappa shape index (κ1) is 15.0. The lowest BCUT2D eigenvalue weighted by Crippen LogP contribution is -2.07. The Bertz CT molecular complexity index is 850. The fraction of sp³-hybridized carbons (Fsp3) is 0.278. The number of hydrogen-bond acceptors (Lipinski definition) is 3. The minimum absolute atomic E-state index is 1.01. The lowest BCUT2D eigenvalue weighted by atomic mass is 10.1. The molecule has 3 aromatic rings. The fourth-order valence-electron chi connectivity index (χ4n) is 3.06. The summed E-state index contributed by atoms with van der Waals surface area (Å²) in [5, 5.41) is 8.57. The second-order valence-electron chi connectivity index (χ2n) is 5.86. The van der Waals surface area contributed by atoms with Crippen LogP contribution in [-0.2, 0) is 6.42 Å². The van der Waals surface area contributed by atoms with Gasteiger partial charge in [-0.05, 0) is 56.5 Å². The zero-order valence-corrected chi connectivity index (χ0v) is 15.4. The summed E-state index contributed by atoms with van der Waals surface area (Å²) in [6.07, 6.45) is 3.50. The molecule has 3 heterocycles. The number of fused-ring (bicyclic) bond motifs is 1. The molecule has 1 aliphatic heterocycles. The van der Waals surface area contributed by atoms with E-state index >= 15 is 0 Å². The standard InChI is InChI=1S/C18H18BrN3S/c1-12-8-9-16(23-12)17-15-7-2-3-10-20-18(15)22(21-17)14-6-4-5-13(19)11-14/h4-6,8-9,11,20H,2-3,7,10H2,1H3. The highest BCUT2D eigenvalue weighted by molar-refractivity contribution is 9.10. The van der Waals surface area contributed by atoms with E-state index in [2.05, 4.69) is 63.2 Å². The van der Waals surface area contributed by atoms with Gasteiger partial charge in [-0.25, -0.2) is 4.68 Å². The van der Waals surface area contributed by atoms with Crippen molar-refractivity contribution in [3.05, 3.63) is 51.3 Å². The maximum atomic E-state index is 4.97. The molecule has 0 bridgehead atoms. The summed E-state index contributed by atoms with van der Waals surface area (Å²) in [6, 6.07) is 12.7. The largest absolute Gasteiger partial charge is 0.370 e. The predicted molar refractivity (Wildman–Crippen MR) is 101 cm³/mol. The Morgan fingerprint density at radius 1 is 1.22 bits per heavy atom. The maximum absolute atomic E-state index is 4.97. The van der Waals surface area contributed by atoms with E-state index in [1.165, 1.54) is 28.2 Å². The highest BCUT2D eigenvalue weighted by Gasteiger charge is 2.22. The van der Waals surface area contributed by atoms with Crippen molar-refractivity contribution in [2.24, 2.45) is 0 Å². The molecule has 5 heteroatoms. The number of nitrogens with one attached hydrogen (secondary N) is 1. The van der Waals surface area contributed by atoms with Crippen LogP contribution in [0.4, 0.5) is 5.82 Å². The summed E-state index contributed by atoms with van der Waals surface area (Å²) in [4.78, 5) is 2.59. The van der Waals surface area contributed by atoms with Gasteiger partial charge in [0.25, 0.3) is 0 Å². The Kier molecular flexibility index (Phi) is 3.99. The molecule has 1 aliphatic rings. The molecule has 1 N–H and O–H groups in total. The molecule has 0 saturated carbocycles. The number of nitrogens with zero attached hydrogens (tertiary/aromatic N) is 2. The average Bonchev–Trinajstić information content (AvgIpc) is 3.03. The van der Waals surface area contributed by atoms with E-state index in [-0.39, 0.29) is 0 Å². The summed E-state index contributed by atoms with van der Waals surface area (Å²) in [6.45, 7) is 3.16. The first-order chi connectivity index (χ1) is 11.2. The summed E-state index contributed by atoms with van der Waals surface area (Å²) in [7, 11) is 0. The van der Waals surface area contributed by atoms with E-state index in [0.29, 0.717) is 0 Å². The zero-order valence-electron chi connectivity index (χ0n) is 13.0. The first-order valence-corrected chi connectivity index (χ1v) is 9.52. The van der Waals surface area contributed by atoms with Crippen LogP contribution in [0, 0.1) is 6.92 Å². The van der Waals surface area contributed by atoms with Crippen LogP contribution in [0.5, 0.6) is 0 Å². The number of rotatable bonds is 2. The van der Waals surface area contributed by atoms with Gasteiger partial charge in [-0.15, -0.1) is 11.3 Å². The number of aromatic nitrogens is 2. The van der Waals surface area contributed by atoms with Gasteiger partial charge >= 0.3 is 0 Å². The van der Waals surface area contributed by atoms with E-state index in [0.717, 1.165) is 34.6 Å². The minimum atomic E-state index is 1.01. The van der Waals surface area contributed by atoms with Gasteiger partial charge in [-0.2, -0.15) is 5.10 Å². The SMILES string of the molecule is Cc1ccc(-c2nn(-c3cccc(Br)c3)c3c2CCCCN3)s1. The van der Waals surface area contributed by atoms with E-state index in [9.17, 15) is 0 Å². The highest BCUT2D eigenvalue weighted by atomic mass is 79.9. The third kappa shape index (κ3) is 2.83. The quantitative estimate of drug-likeness (QED) is 0.635. The molecule has 2 aromatic heterocycles. The first-order valence-electron chi connectivity index (χ1n) is 7.91. The molecule has 23 heavy (non-hydrogen) atoms. The summed E-state index contributed by atoms with van der Waals surface area (Å²) in [5.74, 6) is 1.15. The maximum Gasteiger partial charge on any atom is 0.133 e. The van der Waals surface area contributed by atoms with Crippen molar-refractivity contribution in [3.8, 4) is 16.3 Å². The van der Waals surface area contributed by atoms with E-state index in [1.807, 2.05) is 17.4 Å². The van der Waals surface area contributed by atoms with Crippen LogP contribution in [0.15, 0.2) is 40.9 Å². The van der Waals surface area contributed by atoms with Crippen molar-refractivity contribution in [1.82, 2.24) is 9.78 Å². The molecule has 0 radical (unpaired) electrons. The van der Waals surface area contributed by atoms with E-state index < -0.39 is 0 Å². The topological polar surface area (TPSA) is 29.9 Å². The molecule has 4 rings (SSSR count). The van der Waals surface area contributed by atoms with Gasteiger partial charge in [0.1, 0.15) is 11.5 Å². The second-order valence-corrected chi connectivity index (χ2v) is 8.07. The number of thiophene rings is 1. The normalized spacial score (nSPS) is 14.2. The predicted octanol–water partition coefficient (Wildman–Crippen LogP) is 5.42. The van der Waals surface area contributed by atoms with Crippen molar-refractivity contribution in [3.63, 3.8) is 0 Å². The van der Waals surface area contributed by atoms with Crippen molar-refractivity contribution in [1.29, 1.82) is 0 Å². The molecule has 3 nitrogen and oxygen atoms in total. The van der Waals surface area contributed by atoms with Crippen LogP contribution >= 0.6 is 27.3 Å². The van der Waals surface area contributed by atoms with Crippen molar-refractivity contribution in [2.75, 3.05) is 11.9 Å². The molecule has 0 fully saturated rings. The lowest BCUT2D eigenvalue weighted by Gasteiger charge is -2.09. The number of hydrogen-bond donors (Lipinski definition) is 1. The molecule has 0 unspecified atom stereocenters. The molecule has 0 amide bonds. The van der Waals surface area contributed by atoms with E-state index in [1.54, 1.807) is 0 Å². The van der Waals surface area contributed by atoms with Gasteiger partial charge in [-0.1, -0.05) is 22.0 Å². The summed E-state index contributed by atoms with van der Waals surface area (Å²) >= 11 is 5.39. The van der Waals surface area contributed by atoms with Crippen LogP contribution in [-0.4, -0.2) is 16.3 Å². The van der Waals surface area contributed by atoms with E-state index in [4.69, 9.17) is 5.10 Å². The van der Waals surface area contributed by atoms with Gasteiger partial charge < -0.3 is 5.32 Å². The van der Waals surface area contributed by atoms with Gasteiger partial charge in [0, 0.05) is 21.5 Å². The van der Waals surface area contributed by atoms with Gasteiger partial charge in [-0.3, -0.25) is 0 Å². The smallest absolute Gasteiger partial charge is 0.133 e. The molecular weight excluding hydrogens is 370 g/mol. The fourth-order valence-corrected chi connectivity index (χ4v) is 4.32. The molecule has 0 atom stereocenters. The summed E-state index contributed by atoms with van der Waals surface area (Å²) in [5.41, 5.74) is 3.57. The molecule has 0 saturated heterocycles. The van der Waals surface area contributed by atoms with Crippen LogP contribution in [0.2, 0.25) is 0 Å². The Hall–Kier alpha value is -1.59. The third-order valence-electron chi connectivity index (χ3n) is 4.16. The number of anilines is 1. The molecule has 118 valence electrons. The van der Waals surface area contributed by atoms with Crippen LogP contribution in [0.1, 0.15) is 23.3 Å².